The summed E-state index contributed by atoms with van der Waals surface area (Å²) in [4.78, 5) is 0. The van der Waals surface area contributed by atoms with Crippen LogP contribution in [0, 0.1) is 0 Å². The summed E-state index contributed by atoms with van der Waals surface area (Å²) in [5.41, 5.74) is 1.34. The summed E-state index contributed by atoms with van der Waals surface area (Å²) in [6.45, 7) is 4.07. The third kappa shape index (κ3) is 1.83. The predicted molar refractivity (Wildman–Crippen MR) is 53.1 cm³/mol. The van der Waals surface area contributed by atoms with Gasteiger partial charge in [0.2, 0.25) is 0 Å². The van der Waals surface area contributed by atoms with Crippen LogP contribution in [0.4, 0.5) is 0 Å². The molecule has 0 saturated heterocycles. The van der Waals surface area contributed by atoms with Gasteiger partial charge in [-0.3, -0.25) is 0 Å². The van der Waals surface area contributed by atoms with Gasteiger partial charge in [0.15, 0.2) is 0 Å². The van der Waals surface area contributed by atoms with E-state index in [9.17, 15) is 0 Å². The second-order valence-electron chi connectivity index (χ2n) is 3.36. The fraction of sp³-hybridized carbons (Fsp3) is 0.455. The van der Waals surface area contributed by atoms with E-state index >= 15 is 0 Å². The first kappa shape index (κ1) is 8.57. The Labute approximate surface area is 78.9 Å². The van der Waals surface area contributed by atoms with Gasteiger partial charge in [-0.25, -0.2) is 0 Å². The van der Waals surface area contributed by atoms with E-state index in [4.69, 9.17) is 4.74 Å². The van der Waals surface area contributed by atoms with Gasteiger partial charge in [-0.2, -0.15) is 0 Å². The van der Waals surface area contributed by atoms with Crippen molar-refractivity contribution < 1.29 is 4.74 Å². The molecule has 1 N–H and O–H groups in total. The van der Waals surface area contributed by atoms with E-state index in [-0.39, 0.29) is 0 Å². The summed E-state index contributed by atoms with van der Waals surface area (Å²) in [6, 6.07) is 8.27. The Morgan fingerprint density at radius 1 is 1.46 bits per heavy atom. The van der Waals surface area contributed by atoms with Crippen LogP contribution >= 0.6 is 0 Å². The van der Waals surface area contributed by atoms with Crippen molar-refractivity contribution in [2.45, 2.75) is 19.4 Å². The van der Waals surface area contributed by atoms with Crippen molar-refractivity contribution in [3.63, 3.8) is 0 Å². The minimum absolute atomic E-state index is 0.331. The van der Waals surface area contributed by atoms with E-state index in [1.54, 1.807) is 0 Å². The average molecular weight is 177 g/mol. The number of para-hydroxylation sites is 1. The second kappa shape index (κ2) is 3.79. The smallest absolute Gasteiger partial charge is 0.123 e. The number of fused-ring (bicyclic) bond motifs is 1. The lowest BCUT2D eigenvalue weighted by Crippen LogP contribution is -2.29. The van der Waals surface area contributed by atoms with Crippen molar-refractivity contribution >= 4 is 0 Å². The maximum absolute atomic E-state index is 5.75. The van der Waals surface area contributed by atoms with Crippen LogP contribution in [-0.2, 0) is 6.42 Å². The zero-order valence-electron chi connectivity index (χ0n) is 7.92. The van der Waals surface area contributed by atoms with Crippen LogP contribution < -0.4 is 10.1 Å². The molecule has 0 amide bonds. The lowest BCUT2D eigenvalue weighted by Gasteiger charge is -2.09. The van der Waals surface area contributed by atoms with Gasteiger partial charge in [-0.15, -0.1) is 0 Å². The van der Waals surface area contributed by atoms with Gasteiger partial charge in [0.05, 0.1) is 0 Å². The zero-order chi connectivity index (χ0) is 9.10. The van der Waals surface area contributed by atoms with Gasteiger partial charge in [-0.1, -0.05) is 25.1 Å². The predicted octanol–water partition coefficient (Wildman–Crippen LogP) is 1.60. The minimum Gasteiger partial charge on any atom is -0.488 e. The Morgan fingerprint density at radius 2 is 2.31 bits per heavy atom. The molecular weight excluding hydrogens is 162 g/mol. The molecule has 0 spiro atoms. The van der Waals surface area contributed by atoms with Crippen LogP contribution in [0.5, 0.6) is 5.75 Å². The molecule has 0 bridgehead atoms. The molecule has 2 rings (SSSR count). The molecule has 1 heterocycles. The SMILES string of the molecule is CCNCC1Cc2ccccc2O1. The third-order valence-electron chi connectivity index (χ3n) is 2.34. The van der Waals surface area contributed by atoms with E-state index in [2.05, 4.69) is 24.4 Å². The lowest BCUT2D eigenvalue weighted by molar-refractivity contribution is 0.229. The van der Waals surface area contributed by atoms with Crippen LogP contribution in [0.1, 0.15) is 12.5 Å². The molecule has 2 nitrogen and oxygen atoms in total. The zero-order valence-corrected chi connectivity index (χ0v) is 7.92. The largest absolute Gasteiger partial charge is 0.488 e. The molecule has 70 valence electrons. The monoisotopic (exact) mass is 177 g/mol. The van der Waals surface area contributed by atoms with E-state index < -0.39 is 0 Å². The second-order valence-corrected chi connectivity index (χ2v) is 3.36. The molecule has 1 aliphatic rings. The van der Waals surface area contributed by atoms with Crippen molar-refractivity contribution in [2.24, 2.45) is 0 Å². The average Bonchev–Trinajstić information content (AvgIpc) is 2.57. The van der Waals surface area contributed by atoms with Crippen molar-refractivity contribution in [1.29, 1.82) is 0 Å². The highest BCUT2D eigenvalue weighted by Gasteiger charge is 2.21. The standard InChI is InChI=1S/C11H15NO/c1-2-12-8-10-7-9-5-3-4-6-11(9)13-10/h3-6,10,12H,2,7-8H2,1H3. The fourth-order valence-corrected chi connectivity index (χ4v) is 1.67. The van der Waals surface area contributed by atoms with E-state index in [1.807, 2.05) is 12.1 Å². The van der Waals surface area contributed by atoms with Crippen molar-refractivity contribution in [2.75, 3.05) is 13.1 Å². The summed E-state index contributed by atoms with van der Waals surface area (Å²) in [6.07, 6.45) is 1.38. The number of benzene rings is 1. The first-order chi connectivity index (χ1) is 6.40. The van der Waals surface area contributed by atoms with Crippen molar-refractivity contribution in [3.05, 3.63) is 29.8 Å². The summed E-state index contributed by atoms with van der Waals surface area (Å²) in [5.74, 6) is 1.06. The topological polar surface area (TPSA) is 21.3 Å². The normalized spacial score (nSPS) is 19.6. The first-order valence-electron chi connectivity index (χ1n) is 4.85. The molecule has 0 fully saturated rings. The molecule has 1 aliphatic heterocycles. The van der Waals surface area contributed by atoms with Gasteiger partial charge in [0.25, 0.3) is 0 Å². The molecule has 1 aromatic rings. The molecular formula is C11H15NO. The third-order valence-corrected chi connectivity index (χ3v) is 2.34. The molecule has 2 heteroatoms. The number of hydrogen-bond donors (Lipinski definition) is 1. The van der Waals surface area contributed by atoms with Gasteiger partial charge in [0, 0.05) is 13.0 Å². The molecule has 1 unspecified atom stereocenters. The van der Waals surface area contributed by atoms with E-state index in [1.165, 1.54) is 5.56 Å². The molecule has 0 aliphatic carbocycles. The number of ether oxygens (including phenoxy) is 1. The van der Waals surface area contributed by atoms with Gasteiger partial charge in [0.1, 0.15) is 11.9 Å². The van der Waals surface area contributed by atoms with Crippen LogP contribution in [0.2, 0.25) is 0 Å². The number of likely N-dealkylation sites (N-methyl/N-ethyl adjacent to an activating group) is 1. The number of hydrogen-bond acceptors (Lipinski definition) is 2. The Hall–Kier alpha value is -1.02. The first-order valence-corrected chi connectivity index (χ1v) is 4.85. The Morgan fingerprint density at radius 3 is 3.08 bits per heavy atom. The van der Waals surface area contributed by atoms with Crippen LogP contribution in [0.25, 0.3) is 0 Å². The quantitative estimate of drug-likeness (QED) is 0.757. The molecule has 0 radical (unpaired) electrons. The number of rotatable bonds is 3. The molecule has 0 aromatic heterocycles. The Bertz CT molecular complexity index is 260. The Kier molecular flexibility index (Phi) is 2.50. The van der Waals surface area contributed by atoms with E-state index in [0.29, 0.717) is 6.10 Å². The molecule has 0 saturated carbocycles. The van der Waals surface area contributed by atoms with Crippen LogP contribution in [0.15, 0.2) is 24.3 Å². The highest BCUT2D eigenvalue weighted by molar-refractivity contribution is 5.37. The van der Waals surface area contributed by atoms with Crippen LogP contribution in [0.3, 0.4) is 0 Å². The summed E-state index contributed by atoms with van der Waals surface area (Å²) >= 11 is 0. The van der Waals surface area contributed by atoms with Gasteiger partial charge in [-0.05, 0) is 18.2 Å². The Balaban J connectivity index is 1.97. The maximum atomic E-state index is 5.75. The summed E-state index contributed by atoms with van der Waals surface area (Å²) in [7, 11) is 0. The summed E-state index contributed by atoms with van der Waals surface area (Å²) in [5, 5.41) is 3.30. The van der Waals surface area contributed by atoms with Crippen molar-refractivity contribution in [1.82, 2.24) is 5.32 Å². The maximum Gasteiger partial charge on any atom is 0.123 e. The van der Waals surface area contributed by atoms with Crippen molar-refractivity contribution in [3.8, 4) is 5.75 Å². The summed E-state index contributed by atoms with van der Waals surface area (Å²) < 4.78 is 5.75. The molecule has 13 heavy (non-hydrogen) atoms. The molecule has 1 aromatic carbocycles. The van der Waals surface area contributed by atoms with Gasteiger partial charge >= 0.3 is 0 Å². The minimum atomic E-state index is 0.331. The van der Waals surface area contributed by atoms with Crippen LogP contribution in [-0.4, -0.2) is 19.2 Å². The fourth-order valence-electron chi connectivity index (χ4n) is 1.67. The highest BCUT2D eigenvalue weighted by atomic mass is 16.5. The molecule has 1 atom stereocenters. The van der Waals surface area contributed by atoms with E-state index in [0.717, 1.165) is 25.3 Å². The lowest BCUT2D eigenvalue weighted by atomic mass is 10.1. The number of nitrogens with one attached hydrogen (secondary N) is 1. The highest BCUT2D eigenvalue weighted by Crippen LogP contribution is 2.27. The van der Waals surface area contributed by atoms with Gasteiger partial charge < -0.3 is 10.1 Å².